The molecule has 0 atom stereocenters. The van der Waals surface area contributed by atoms with Gasteiger partial charge in [0, 0.05) is 77.9 Å². The Kier molecular flexibility index (Phi) is 17.6. The van der Waals surface area contributed by atoms with E-state index in [1.807, 2.05) is 0 Å². The quantitative estimate of drug-likeness (QED) is 0.113. The second-order valence-electron chi connectivity index (χ2n) is 37.9. The highest BCUT2D eigenvalue weighted by Crippen LogP contribution is 2.60. The van der Waals surface area contributed by atoms with Crippen molar-refractivity contribution in [3.63, 3.8) is 0 Å². The summed E-state index contributed by atoms with van der Waals surface area (Å²) < 4.78 is 5.18. The molecule has 3 aliphatic rings. The van der Waals surface area contributed by atoms with Crippen molar-refractivity contribution < 1.29 is 0 Å². The molecular formula is C121H95BN4. The summed E-state index contributed by atoms with van der Waals surface area (Å²) in [6, 6.07) is 158. The predicted octanol–water partition coefficient (Wildman–Crippen LogP) is 30.2. The van der Waals surface area contributed by atoms with E-state index in [2.05, 4.69) is 494 Å². The molecule has 2 aromatic heterocycles. The molecule has 0 saturated carbocycles. The van der Waals surface area contributed by atoms with E-state index in [1.54, 1.807) is 0 Å². The van der Waals surface area contributed by atoms with Crippen molar-refractivity contribution in [3.05, 3.63) is 451 Å². The highest BCUT2D eigenvalue weighted by molar-refractivity contribution is 7.00. The van der Waals surface area contributed by atoms with E-state index in [-0.39, 0.29) is 17.5 Å². The van der Waals surface area contributed by atoms with Crippen molar-refractivity contribution in [2.45, 2.75) is 84.0 Å². The molecule has 0 amide bonds. The van der Waals surface area contributed by atoms with Gasteiger partial charge >= 0.3 is 0 Å². The average molecular weight is 1620 g/mol. The Bertz CT molecular complexity index is 7490. The Morgan fingerprint density at radius 3 is 0.984 bits per heavy atom. The van der Waals surface area contributed by atoms with Gasteiger partial charge in [-0.3, -0.25) is 0 Å². The van der Waals surface area contributed by atoms with Crippen molar-refractivity contribution in [1.29, 1.82) is 0 Å². The molecule has 4 nitrogen and oxygen atoms in total. The van der Waals surface area contributed by atoms with Crippen LogP contribution in [0.1, 0.15) is 101 Å². The molecule has 1 aliphatic carbocycles. The number of nitrogens with zero attached hydrogens (tertiary/aromatic N) is 4. The third-order valence-electron chi connectivity index (χ3n) is 27.4. The maximum absolute atomic E-state index is 2.75. The first-order valence-corrected chi connectivity index (χ1v) is 44.6. The lowest BCUT2D eigenvalue weighted by Crippen LogP contribution is -2.61. The van der Waals surface area contributed by atoms with E-state index in [1.165, 1.54) is 99.0 Å². The highest BCUT2D eigenvalue weighted by Gasteiger charge is 2.49. The van der Waals surface area contributed by atoms with Crippen molar-refractivity contribution in [1.82, 2.24) is 9.13 Å². The van der Waals surface area contributed by atoms with Gasteiger partial charge in [-0.15, -0.1) is 0 Å². The van der Waals surface area contributed by atoms with Crippen LogP contribution in [0.2, 0.25) is 0 Å². The van der Waals surface area contributed by atoms with E-state index >= 15 is 0 Å². The molecule has 0 bridgehead atoms. The maximum Gasteiger partial charge on any atom is 0.252 e. The van der Waals surface area contributed by atoms with Gasteiger partial charge in [-0.25, -0.2) is 0 Å². The molecule has 0 saturated heterocycles. The number of rotatable bonds is 12. The van der Waals surface area contributed by atoms with E-state index < -0.39 is 10.8 Å². The third kappa shape index (κ3) is 12.1. The van der Waals surface area contributed by atoms with Crippen molar-refractivity contribution in [3.8, 4) is 89.3 Å². The molecule has 2 aliphatic heterocycles. The molecule has 5 heteroatoms. The highest BCUT2D eigenvalue weighted by atomic mass is 15.2. The van der Waals surface area contributed by atoms with Crippen LogP contribution in [0, 0.1) is 0 Å². The Morgan fingerprint density at radius 1 is 0.222 bits per heavy atom. The summed E-state index contributed by atoms with van der Waals surface area (Å²) in [6.45, 7) is 21.0. The van der Waals surface area contributed by atoms with Gasteiger partial charge in [0.25, 0.3) is 6.71 Å². The number of aromatic nitrogens is 2. The number of hydrogen-bond acceptors (Lipinski definition) is 2. The summed E-state index contributed by atoms with van der Waals surface area (Å²) in [5.41, 5.74) is 40.7. The molecule has 23 rings (SSSR count). The Hall–Kier alpha value is -14.8. The van der Waals surface area contributed by atoms with Crippen LogP contribution in [-0.2, 0) is 21.7 Å². The smallest absolute Gasteiger partial charge is 0.252 e. The monoisotopic (exact) mass is 1610 g/mol. The van der Waals surface area contributed by atoms with Crippen molar-refractivity contribution in [2.24, 2.45) is 0 Å². The molecule has 0 unspecified atom stereocenters. The standard InChI is InChI=1S/C121H95BN4/c1-118(2,3)88-58-64-108-100(70-88)101-71-89(119(4,5)6)59-65-109(101)123(108)91-60-62-105-111(74-91)125(116-95(80-42-22-12-23-43-80)66-84(78-38-18-10-19-39-78)67-96(116)81-44-24-13-25-45-81)113-72-90(120(7,8)9)73-114-115(113)122(105)106-63-61-92(75-112(106)126(114)117-97(82-46-26-14-27-47-82)68-85(79-40-20-11-21-41-79)69-98(117)83-48-28-15-29-49-83)124-107-57-37-35-55-94(107)102-76-99-93-54-34-36-56-103(93)121(104(99)77-110(102)124,86-50-30-16-31-51-86)87-52-32-17-33-53-87/h10-77H,1-9H3. The van der Waals surface area contributed by atoms with Crippen LogP contribution in [0.5, 0.6) is 0 Å². The first-order chi connectivity index (χ1) is 61.4. The van der Waals surface area contributed by atoms with Crippen LogP contribution in [0.4, 0.5) is 34.1 Å². The number of fused-ring (bicyclic) bond motifs is 13. The fourth-order valence-electron chi connectivity index (χ4n) is 21.3. The van der Waals surface area contributed by atoms with Gasteiger partial charge in [-0.2, -0.15) is 0 Å². The number of hydrogen-bond donors (Lipinski definition) is 0. The summed E-state index contributed by atoms with van der Waals surface area (Å²) in [4.78, 5) is 5.50. The molecule has 0 radical (unpaired) electrons. The Morgan fingerprint density at radius 2 is 0.571 bits per heavy atom. The zero-order valence-electron chi connectivity index (χ0n) is 72.6. The van der Waals surface area contributed by atoms with E-state index in [9.17, 15) is 0 Å². The summed E-state index contributed by atoms with van der Waals surface area (Å²) in [7, 11) is 0. The first kappa shape index (κ1) is 76.1. The number of para-hydroxylation sites is 1. The Balaban J connectivity index is 0.882. The summed E-state index contributed by atoms with van der Waals surface area (Å²) in [5.74, 6) is 0. The minimum absolute atomic E-state index is 0.0863. The molecule has 18 aromatic carbocycles. The van der Waals surface area contributed by atoms with Crippen molar-refractivity contribution in [2.75, 3.05) is 9.80 Å². The molecule has 0 spiro atoms. The largest absolute Gasteiger partial charge is 0.310 e. The topological polar surface area (TPSA) is 16.3 Å². The minimum atomic E-state index is -0.640. The summed E-state index contributed by atoms with van der Waals surface area (Å²) >= 11 is 0. The van der Waals surface area contributed by atoms with E-state index in [0.717, 1.165) is 123 Å². The van der Waals surface area contributed by atoms with Gasteiger partial charge in [-0.1, -0.05) is 372 Å². The van der Waals surface area contributed by atoms with E-state index in [0.29, 0.717) is 0 Å². The van der Waals surface area contributed by atoms with Crippen LogP contribution in [0.15, 0.2) is 413 Å². The van der Waals surface area contributed by atoms with Crippen molar-refractivity contribution >= 4 is 101 Å². The van der Waals surface area contributed by atoms with E-state index in [4.69, 9.17) is 0 Å². The summed E-state index contributed by atoms with van der Waals surface area (Å²) in [6.07, 6.45) is 0. The SMILES string of the molecule is CC(C)(C)c1cc2c3c(c1)N(c1c(-c4ccccc4)cc(-c4ccccc4)cc1-c1ccccc1)c1cc(-n4c5ccccc5c5cc6c(cc54)C(c4ccccc4)(c4ccccc4)c4ccccc4-6)ccc1B3c1ccc(-n3c4ccc(C(C)(C)C)cc4c4cc(C(C)(C)C)ccc43)cc1N2c1c(-c2ccccc2)cc(-c2ccccc2)cc1-c1ccccc1. The Labute approximate surface area is 739 Å². The van der Waals surface area contributed by atoms with Gasteiger partial charge in [-0.05, 0) is 230 Å². The van der Waals surface area contributed by atoms with Crippen LogP contribution in [0.3, 0.4) is 0 Å². The zero-order valence-corrected chi connectivity index (χ0v) is 72.6. The molecule has 0 fully saturated rings. The lowest BCUT2D eigenvalue weighted by Gasteiger charge is -2.46. The molecule has 126 heavy (non-hydrogen) atoms. The van der Waals surface area contributed by atoms with Gasteiger partial charge in [0.1, 0.15) is 0 Å². The maximum atomic E-state index is 2.75. The first-order valence-electron chi connectivity index (χ1n) is 44.6. The normalized spacial score (nSPS) is 13.3. The van der Waals surface area contributed by atoms with Crippen LogP contribution in [-0.4, -0.2) is 15.8 Å². The van der Waals surface area contributed by atoms with Crippen LogP contribution >= 0.6 is 0 Å². The lowest BCUT2D eigenvalue weighted by atomic mass is 9.33. The third-order valence-corrected chi connectivity index (χ3v) is 27.4. The van der Waals surface area contributed by atoms with Gasteiger partial charge in [0.05, 0.1) is 38.9 Å². The molecule has 4 heterocycles. The predicted molar refractivity (Wildman–Crippen MR) is 535 cm³/mol. The average Bonchev–Trinajstić information content (AvgIpc) is 1.45. The molecule has 0 N–H and O–H groups in total. The molecular weight excluding hydrogens is 1520 g/mol. The van der Waals surface area contributed by atoms with Crippen LogP contribution in [0.25, 0.3) is 133 Å². The number of benzene rings is 18. The zero-order chi connectivity index (χ0) is 85.1. The lowest BCUT2D eigenvalue weighted by molar-refractivity contribution is 0.590. The van der Waals surface area contributed by atoms with Gasteiger partial charge < -0.3 is 18.9 Å². The minimum Gasteiger partial charge on any atom is -0.310 e. The second kappa shape index (κ2) is 29.2. The number of anilines is 6. The summed E-state index contributed by atoms with van der Waals surface area (Å²) in [5, 5.41) is 4.90. The van der Waals surface area contributed by atoms with Gasteiger partial charge in [0.15, 0.2) is 0 Å². The molecule has 602 valence electrons. The second-order valence-corrected chi connectivity index (χ2v) is 37.9. The van der Waals surface area contributed by atoms with Gasteiger partial charge in [0.2, 0.25) is 0 Å². The fourth-order valence-corrected chi connectivity index (χ4v) is 21.3. The fraction of sp³-hybridized carbons (Fsp3) is 0.107. The molecule has 20 aromatic rings. The van der Waals surface area contributed by atoms with Crippen LogP contribution < -0.4 is 26.2 Å².